The van der Waals surface area contributed by atoms with E-state index in [-0.39, 0.29) is 5.54 Å². The maximum atomic E-state index is 10.6. The summed E-state index contributed by atoms with van der Waals surface area (Å²) in [5.41, 5.74) is 2.86. The zero-order valence-corrected chi connectivity index (χ0v) is 12.5. The fourth-order valence-corrected chi connectivity index (χ4v) is 3.74. The largest absolute Gasteiger partial charge is 0.235 e. The second-order valence-corrected chi connectivity index (χ2v) is 7.32. The van der Waals surface area contributed by atoms with Gasteiger partial charge in [-0.25, -0.2) is 4.79 Å². The van der Waals surface area contributed by atoms with Crippen molar-refractivity contribution >= 4 is 6.08 Å². The molecule has 0 bridgehead atoms. The lowest BCUT2D eigenvalue weighted by Gasteiger charge is -2.35. The molecule has 2 aliphatic rings. The normalized spacial score (nSPS) is 26.6. The summed E-state index contributed by atoms with van der Waals surface area (Å²) in [4.78, 5) is 14.7. The van der Waals surface area contributed by atoms with E-state index in [1.807, 2.05) is 0 Å². The maximum Gasteiger partial charge on any atom is 0.235 e. The summed E-state index contributed by atoms with van der Waals surface area (Å²) in [6, 6.07) is 8.79. The minimum Gasteiger partial charge on any atom is -0.211 e. The van der Waals surface area contributed by atoms with E-state index in [9.17, 15) is 4.79 Å². The summed E-state index contributed by atoms with van der Waals surface area (Å²) in [6.45, 7) is 4.75. The third-order valence-electron chi connectivity index (χ3n) is 5.08. The van der Waals surface area contributed by atoms with Gasteiger partial charge in [-0.1, -0.05) is 44.5 Å². The number of hydrogen-bond donors (Lipinski definition) is 0. The lowest BCUT2D eigenvalue weighted by molar-refractivity contribution is 0.219. The van der Waals surface area contributed by atoms with Crippen LogP contribution in [-0.4, -0.2) is 6.08 Å². The lowest BCUT2D eigenvalue weighted by atomic mass is 9.70. The highest BCUT2D eigenvalue weighted by Gasteiger charge is 2.45. The molecule has 0 aromatic heterocycles. The highest BCUT2D eigenvalue weighted by Crippen LogP contribution is 2.50. The Morgan fingerprint density at radius 2 is 2.05 bits per heavy atom. The molecular weight excluding hydrogens is 246 g/mol. The molecule has 0 radical (unpaired) electrons. The molecular formula is C18H23NO. The van der Waals surface area contributed by atoms with Crippen LogP contribution in [0.5, 0.6) is 0 Å². The van der Waals surface area contributed by atoms with Gasteiger partial charge >= 0.3 is 0 Å². The topological polar surface area (TPSA) is 29.4 Å². The zero-order valence-electron chi connectivity index (χ0n) is 12.5. The molecule has 106 valence electrons. The molecule has 2 aliphatic carbocycles. The molecule has 2 nitrogen and oxygen atoms in total. The van der Waals surface area contributed by atoms with Crippen LogP contribution in [0.15, 0.2) is 29.3 Å². The van der Waals surface area contributed by atoms with E-state index in [0.717, 1.165) is 12.8 Å². The summed E-state index contributed by atoms with van der Waals surface area (Å²) < 4.78 is 0. The first-order chi connectivity index (χ1) is 9.55. The van der Waals surface area contributed by atoms with Gasteiger partial charge in [0.05, 0.1) is 5.54 Å². The van der Waals surface area contributed by atoms with E-state index < -0.39 is 0 Å². The van der Waals surface area contributed by atoms with Gasteiger partial charge in [0.2, 0.25) is 6.08 Å². The summed E-state index contributed by atoms with van der Waals surface area (Å²) in [5.74, 6) is 0.662. The number of rotatable bonds is 3. The molecule has 0 amide bonds. The van der Waals surface area contributed by atoms with Crippen LogP contribution in [0.3, 0.4) is 0 Å². The number of carbonyl (C=O) groups excluding carboxylic acids is 1. The summed E-state index contributed by atoms with van der Waals surface area (Å²) >= 11 is 0. The molecule has 0 N–H and O–H groups in total. The van der Waals surface area contributed by atoms with Crippen molar-refractivity contribution in [1.29, 1.82) is 0 Å². The summed E-state index contributed by atoms with van der Waals surface area (Å²) in [6.07, 6.45) is 8.94. The highest BCUT2D eigenvalue weighted by atomic mass is 16.1. The number of aliphatic imine (C=N–C) groups is 1. The second kappa shape index (κ2) is 4.86. The van der Waals surface area contributed by atoms with Crippen molar-refractivity contribution < 1.29 is 4.79 Å². The van der Waals surface area contributed by atoms with Crippen LogP contribution in [0.25, 0.3) is 0 Å². The molecule has 2 fully saturated rings. The van der Waals surface area contributed by atoms with Crippen molar-refractivity contribution in [3.8, 4) is 0 Å². The van der Waals surface area contributed by atoms with Gasteiger partial charge in [-0.3, -0.25) is 0 Å². The number of isocyanates is 1. The summed E-state index contributed by atoms with van der Waals surface area (Å²) in [7, 11) is 0. The van der Waals surface area contributed by atoms with Crippen molar-refractivity contribution in [3.05, 3.63) is 35.4 Å². The van der Waals surface area contributed by atoms with Gasteiger partial charge in [0.25, 0.3) is 0 Å². The van der Waals surface area contributed by atoms with Gasteiger partial charge < -0.3 is 0 Å². The Kier molecular flexibility index (Phi) is 3.30. The molecule has 1 atom stereocenters. The fourth-order valence-electron chi connectivity index (χ4n) is 3.74. The van der Waals surface area contributed by atoms with E-state index in [2.05, 4.69) is 43.1 Å². The average molecular weight is 269 g/mol. The third kappa shape index (κ3) is 2.58. The van der Waals surface area contributed by atoms with Crippen LogP contribution in [-0.2, 0) is 10.3 Å². The van der Waals surface area contributed by atoms with Gasteiger partial charge in [0.1, 0.15) is 0 Å². The van der Waals surface area contributed by atoms with Crippen molar-refractivity contribution in [3.63, 3.8) is 0 Å². The van der Waals surface area contributed by atoms with E-state index >= 15 is 0 Å². The van der Waals surface area contributed by atoms with Gasteiger partial charge in [-0.15, -0.1) is 0 Å². The quantitative estimate of drug-likeness (QED) is 0.578. The molecule has 1 aromatic rings. The Hall–Kier alpha value is -1.40. The Labute approximate surface area is 121 Å². The molecule has 1 unspecified atom stereocenters. The Bertz CT molecular complexity index is 550. The maximum absolute atomic E-state index is 10.6. The first-order valence-corrected chi connectivity index (χ1v) is 7.74. The molecule has 1 aromatic carbocycles. The van der Waals surface area contributed by atoms with Crippen LogP contribution in [0.1, 0.15) is 69.4 Å². The molecule has 3 rings (SSSR count). The predicted octanol–water partition coefficient (Wildman–Crippen LogP) is 4.70. The Morgan fingerprint density at radius 1 is 1.25 bits per heavy atom. The first-order valence-electron chi connectivity index (χ1n) is 7.74. The van der Waals surface area contributed by atoms with E-state index in [0.29, 0.717) is 11.3 Å². The van der Waals surface area contributed by atoms with Gasteiger partial charge in [-0.2, -0.15) is 4.99 Å². The van der Waals surface area contributed by atoms with Gasteiger partial charge in [-0.05, 0) is 54.6 Å². The van der Waals surface area contributed by atoms with Gasteiger partial charge in [0, 0.05) is 0 Å². The minimum absolute atomic E-state index is 0.234. The molecule has 2 heteroatoms. The third-order valence-corrected chi connectivity index (χ3v) is 5.08. The van der Waals surface area contributed by atoms with E-state index in [1.54, 1.807) is 6.08 Å². The molecule has 0 spiro atoms. The Morgan fingerprint density at radius 3 is 2.70 bits per heavy atom. The average Bonchev–Trinajstić information content (AvgIpc) is 3.19. The molecule has 20 heavy (non-hydrogen) atoms. The first kappa shape index (κ1) is 13.6. The Balaban J connectivity index is 1.86. The lowest BCUT2D eigenvalue weighted by Crippen LogP contribution is -2.21. The van der Waals surface area contributed by atoms with E-state index in [4.69, 9.17) is 0 Å². The predicted molar refractivity (Wildman–Crippen MR) is 80.5 cm³/mol. The highest BCUT2D eigenvalue weighted by molar-refractivity contribution is 5.42. The zero-order chi connectivity index (χ0) is 14.2. The SMILES string of the molecule is CC1(C)CCCC(c2cccc(C3(N=C=O)CC3)c2)C1. The van der Waals surface area contributed by atoms with Crippen molar-refractivity contribution in [2.45, 2.75) is 63.8 Å². The van der Waals surface area contributed by atoms with Crippen molar-refractivity contribution in [2.24, 2.45) is 10.4 Å². The molecule has 0 saturated heterocycles. The minimum atomic E-state index is -0.234. The van der Waals surface area contributed by atoms with Crippen LogP contribution < -0.4 is 0 Å². The number of hydrogen-bond acceptors (Lipinski definition) is 2. The monoisotopic (exact) mass is 269 g/mol. The number of nitrogens with zero attached hydrogens (tertiary/aromatic N) is 1. The van der Waals surface area contributed by atoms with Gasteiger partial charge in [0.15, 0.2) is 0 Å². The van der Waals surface area contributed by atoms with Crippen LogP contribution in [0.4, 0.5) is 0 Å². The summed E-state index contributed by atoms with van der Waals surface area (Å²) in [5, 5.41) is 0. The van der Waals surface area contributed by atoms with Crippen molar-refractivity contribution in [1.82, 2.24) is 0 Å². The second-order valence-electron chi connectivity index (χ2n) is 7.32. The number of benzene rings is 1. The molecule has 0 heterocycles. The standard InChI is InChI=1S/C18H23NO/c1-17(2)8-4-6-15(12-17)14-5-3-7-16(11-14)18(9-10-18)19-13-20/h3,5,7,11,15H,4,6,8-10,12H2,1-2H3. The molecule has 0 aliphatic heterocycles. The smallest absolute Gasteiger partial charge is 0.211 e. The van der Waals surface area contributed by atoms with Crippen LogP contribution in [0.2, 0.25) is 0 Å². The molecule has 2 saturated carbocycles. The van der Waals surface area contributed by atoms with Crippen LogP contribution >= 0.6 is 0 Å². The fraction of sp³-hybridized carbons (Fsp3) is 0.611. The van der Waals surface area contributed by atoms with Crippen LogP contribution in [0, 0.1) is 5.41 Å². The van der Waals surface area contributed by atoms with E-state index in [1.165, 1.54) is 36.8 Å². The van der Waals surface area contributed by atoms with Crippen molar-refractivity contribution in [2.75, 3.05) is 0 Å².